The molecule has 0 radical (unpaired) electrons. The zero-order valence-corrected chi connectivity index (χ0v) is 12.8. The van der Waals surface area contributed by atoms with Gasteiger partial charge in [-0.3, -0.25) is 4.79 Å². The maximum absolute atomic E-state index is 12.8. The summed E-state index contributed by atoms with van der Waals surface area (Å²) in [6, 6.07) is 5.81. The van der Waals surface area contributed by atoms with E-state index in [1.165, 1.54) is 13.2 Å². The molecule has 0 bridgehead atoms. The highest BCUT2D eigenvalue weighted by atomic mass is 19.4. The van der Waals surface area contributed by atoms with Gasteiger partial charge in [-0.25, -0.2) is 0 Å². The van der Waals surface area contributed by atoms with Crippen LogP contribution in [0.2, 0.25) is 0 Å². The number of hydrogen-bond donors (Lipinski definition) is 2. The summed E-state index contributed by atoms with van der Waals surface area (Å²) < 4.78 is 43.4. The van der Waals surface area contributed by atoms with Gasteiger partial charge in [-0.05, 0) is 37.0 Å². The van der Waals surface area contributed by atoms with E-state index < -0.39 is 30.1 Å². The van der Waals surface area contributed by atoms with Crippen molar-refractivity contribution in [1.82, 2.24) is 5.32 Å². The molecule has 3 atom stereocenters. The summed E-state index contributed by atoms with van der Waals surface area (Å²) in [5.74, 6) is -1.59. The van der Waals surface area contributed by atoms with Gasteiger partial charge in [-0.15, -0.1) is 0 Å². The van der Waals surface area contributed by atoms with Crippen LogP contribution in [0.25, 0.3) is 0 Å². The van der Waals surface area contributed by atoms with E-state index in [0.29, 0.717) is 24.2 Å². The monoisotopic (exact) mass is 331 g/mol. The van der Waals surface area contributed by atoms with Crippen LogP contribution in [0.1, 0.15) is 37.4 Å². The first-order valence-corrected chi connectivity index (χ1v) is 7.50. The molecule has 1 aromatic rings. The van der Waals surface area contributed by atoms with E-state index in [1.807, 2.05) is 0 Å². The molecule has 1 aromatic carbocycles. The van der Waals surface area contributed by atoms with Crippen LogP contribution < -0.4 is 10.1 Å². The Kier molecular flexibility index (Phi) is 5.51. The first-order chi connectivity index (χ1) is 10.8. The Labute approximate surface area is 132 Å². The minimum absolute atomic E-state index is 0.0916. The Morgan fingerprint density at radius 2 is 2.13 bits per heavy atom. The topological polar surface area (TPSA) is 58.6 Å². The number of benzene rings is 1. The molecule has 7 heteroatoms. The number of aliphatic hydroxyl groups is 1. The molecule has 2 rings (SSSR count). The molecule has 1 fully saturated rings. The van der Waals surface area contributed by atoms with E-state index in [-0.39, 0.29) is 12.8 Å². The van der Waals surface area contributed by atoms with Crippen LogP contribution in [0.15, 0.2) is 24.3 Å². The number of amides is 1. The van der Waals surface area contributed by atoms with E-state index in [9.17, 15) is 23.1 Å². The molecule has 2 N–H and O–H groups in total. The average molecular weight is 331 g/mol. The van der Waals surface area contributed by atoms with Gasteiger partial charge >= 0.3 is 6.18 Å². The largest absolute Gasteiger partial charge is 0.497 e. The molecule has 1 aliphatic rings. The molecular weight excluding hydrogens is 311 g/mol. The predicted molar refractivity (Wildman–Crippen MR) is 77.9 cm³/mol. The highest BCUT2D eigenvalue weighted by Gasteiger charge is 2.42. The summed E-state index contributed by atoms with van der Waals surface area (Å²) in [5.41, 5.74) is 0.338. The van der Waals surface area contributed by atoms with Gasteiger partial charge in [0.15, 0.2) is 6.10 Å². The molecule has 0 spiro atoms. The molecule has 23 heavy (non-hydrogen) atoms. The minimum Gasteiger partial charge on any atom is -0.497 e. The number of carbonyl (C=O) groups excluding carboxylic acids is 1. The average Bonchev–Trinajstić information content (AvgIpc) is 2.53. The number of carbonyl (C=O) groups is 1. The van der Waals surface area contributed by atoms with E-state index >= 15 is 0 Å². The summed E-state index contributed by atoms with van der Waals surface area (Å²) in [4.78, 5) is 12.1. The first-order valence-electron chi connectivity index (χ1n) is 7.50. The molecule has 0 heterocycles. The van der Waals surface area contributed by atoms with Gasteiger partial charge in [0.2, 0.25) is 0 Å². The number of ether oxygens (including phenoxy) is 1. The predicted octanol–water partition coefficient (Wildman–Crippen LogP) is 2.97. The Morgan fingerprint density at radius 3 is 2.78 bits per heavy atom. The quantitative estimate of drug-likeness (QED) is 0.892. The van der Waals surface area contributed by atoms with Gasteiger partial charge < -0.3 is 15.2 Å². The lowest BCUT2D eigenvalue weighted by molar-refractivity contribution is -0.184. The Bertz CT molecular complexity index is 548. The van der Waals surface area contributed by atoms with Crippen molar-refractivity contribution in [2.75, 3.05) is 7.11 Å². The standard InChI is InChI=1S/C16H20F3NO3/c1-23-13-7-2-4-10(8-13)14(21)15(22)20-12-6-3-5-11(9-12)16(17,18)19/h2,4,7-8,11-12,14,21H,3,5-6,9H2,1H3,(H,20,22). The molecule has 1 amide bonds. The fourth-order valence-corrected chi connectivity index (χ4v) is 2.86. The van der Waals surface area contributed by atoms with Gasteiger partial charge in [0.1, 0.15) is 5.75 Å². The summed E-state index contributed by atoms with van der Waals surface area (Å²) in [7, 11) is 1.46. The second-order valence-corrected chi connectivity index (χ2v) is 5.79. The van der Waals surface area contributed by atoms with E-state index in [1.54, 1.807) is 18.2 Å². The second kappa shape index (κ2) is 7.21. The van der Waals surface area contributed by atoms with Crippen LogP contribution in [0.3, 0.4) is 0 Å². The fraction of sp³-hybridized carbons (Fsp3) is 0.562. The molecule has 1 saturated carbocycles. The summed E-state index contributed by atoms with van der Waals surface area (Å²) >= 11 is 0. The van der Waals surface area contributed by atoms with Gasteiger partial charge in [0.25, 0.3) is 5.91 Å². The molecule has 4 nitrogen and oxygen atoms in total. The van der Waals surface area contributed by atoms with E-state index in [4.69, 9.17) is 4.74 Å². The summed E-state index contributed by atoms with van der Waals surface area (Å²) in [5, 5.41) is 12.6. The maximum atomic E-state index is 12.8. The van der Waals surface area contributed by atoms with Crippen molar-refractivity contribution in [3.8, 4) is 5.75 Å². The summed E-state index contributed by atoms with van der Waals surface area (Å²) in [6.45, 7) is 0. The first kappa shape index (κ1) is 17.6. The lowest BCUT2D eigenvalue weighted by Gasteiger charge is -2.31. The van der Waals surface area contributed by atoms with Crippen molar-refractivity contribution in [2.24, 2.45) is 5.92 Å². The molecular formula is C16H20F3NO3. The number of hydrogen-bond acceptors (Lipinski definition) is 3. The third kappa shape index (κ3) is 4.60. The van der Waals surface area contributed by atoms with Gasteiger partial charge in [0.05, 0.1) is 13.0 Å². The molecule has 1 aliphatic carbocycles. The van der Waals surface area contributed by atoms with Crippen LogP contribution in [-0.4, -0.2) is 30.3 Å². The number of aliphatic hydroxyl groups excluding tert-OH is 1. The molecule has 0 saturated heterocycles. The van der Waals surface area contributed by atoms with Crippen LogP contribution in [0.4, 0.5) is 13.2 Å². The third-order valence-corrected chi connectivity index (χ3v) is 4.14. The highest BCUT2D eigenvalue weighted by Crippen LogP contribution is 2.37. The van der Waals surface area contributed by atoms with Crippen molar-refractivity contribution in [1.29, 1.82) is 0 Å². The van der Waals surface area contributed by atoms with Crippen LogP contribution in [0.5, 0.6) is 5.75 Å². The number of alkyl halides is 3. The molecule has 0 aromatic heterocycles. The SMILES string of the molecule is COc1cccc(C(O)C(=O)NC2CCCC(C(F)(F)F)C2)c1. The van der Waals surface area contributed by atoms with Crippen molar-refractivity contribution in [3.05, 3.63) is 29.8 Å². The Morgan fingerprint density at radius 1 is 1.39 bits per heavy atom. The van der Waals surface area contributed by atoms with Crippen molar-refractivity contribution >= 4 is 5.91 Å². The lowest BCUT2D eigenvalue weighted by Crippen LogP contribution is -2.43. The lowest BCUT2D eigenvalue weighted by atomic mass is 9.85. The summed E-state index contributed by atoms with van der Waals surface area (Å²) in [6.07, 6.45) is -4.83. The Hall–Kier alpha value is -1.76. The number of halogens is 3. The minimum atomic E-state index is -4.24. The van der Waals surface area contributed by atoms with Crippen LogP contribution in [-0.2, 0) is 4.79 Å². The number of nitrogens with one attached hydrogen (secondary N) is 1. The van der Waals surface area contributed by atoms with E-state index in [2.05, 4.69) is 5.32 Å². The normalized spacial score (nSPS) is 23.2. The zero-order valence-electron chi connectivity index (χ0n) is 12.8. The molecule has 128 valence electrons. The molecule has 3 unspecified atom stereocenters. The maximum Gasteiger partial charge on any atom is 0.391 e. The molecule has 0 aliphatic heterocycles. The second-order valence-electron chi connectivity index (χ2n) is 5.79. The van der Waals surface area contributed by atoms with Crippen molar-refractivity contribution in [3.63, 3.8) is 0 Å². The van der Waals surface area contributed by atoms with Gasteiger partial charge in [-0.1, -0.05) is 18.6 Å². The number of rotatable bonds is 4. The zero-order chi connectivity index (χ0) is 17.0. The third-order valence-electron chi connectivity index (χ3n) is 4.14. The Balaban J connectivity index is 1.97. The van der Waals surface area contributed by atoms with Crippen LogP contribution >= 0.6 is 0 Å². The van der Waals surface area contributed by atoms with Crippen molar-refractivity contribution in [2.45, 2.75) is 44.0 Å². The van der Waals surface area contributed by atoms with Crippen LogP contribution in [0, 0.1) is 5.92 Å². The van der Waals surface area contributed by atoms with Crippen molar-refractivity contribution < 1.29 is 27.8 Å². The smallest absolute Gasteiger partial charge is 0.391 e. The fourth-order valence-electron chi connectivity index (χ4n) is 2.86. The number of methoxy groups -OCH3 is 1. The van der Waals surface area contributed by atoms with E-state index in [0.717, 1.165) is 0 Å². The van der Waals surface area contributed by atoms with Gasteiger partial charge in [0, 0.05) is 6.04 Å². The highest BCUT2D eigenvalue weighted by molar-refractivity contribution is 5.82. The van der Waals surface area contributed by atoms with Gasteiger partial charge in [-0.2, -0.15) is 13.2 Å².